The van der Waals surface area contributed by atoms with Crippen LogP contribution in [0.5, 0.6) is 0 Å². The van der Waals surface area contributed by atoms with E-state index in [2.05, 4.69) is 0 Å². The molecule has 1 aromatic carbocycles. The number of sulfonamides is 1. The maximum atomic E-state index is 12.9. The molecule has 1 atom stereocenters. The number of hydrogen-bond acceptors (Lipinski definition) is 3. The number of hydrogen-bond donors (Lipinski definition) is 0. The van der Waals surface area contributed by atoms with Gasteiger partial charge in [0.25, 0.3) is 0 Å². The average molecular weight is 301 g/mol. The van der Waals surface area contributed by atoms with Gasteiger partial charge in [0.2, 0.25) is 10.0 Å². The van der Waals surface area contributed by atoms with Crippen molar-refractivity contribution in [2.24, 2.45) is 0 Å². The van der Waals surface area contributed by atoms with Gasteiger partial charge in [-0.05, 0) is 24.1 Å². The highest BCUT2D eigenvalue weighted by atomic mass is 32.2. The van der Waals surface area contributed by atoms with Gasteiger partial charge in [-0.15, -0.1) is 0 Å². The Morgan fingerprint density at radius 1 is 1.35 bits per heavy atom. The maximum Gasteiger partial charge on any atom is 0.214 e. The molecule has 1 unspecified atom stereocenters. The van der Waals surface area contributed by atoms with E-state index >= 15 is 0 Å². The fourth-order valence-corrected chi connectivity index (χ4v) is 3.84. The molecule has 0 aromatic heterocycles. The van der Waals surface area contributed by atoms with Crippen LogP contribution in [-0.2, 0) is 14.8 Å². The van der Waals surface area contributed by atoms with Gasteiger partial charge < -0.3 is 4.74 Å². The lowest BCUT2D eigenvalue weighted by Crippen LogP contribution is -2.43. The summed E-state index contributed by atoms with van der Waals surface area (Å²) in [7, 11) is -3.22. The van der Waals surface area contributed by atoms with Crippen molar-refractivity contribution >= 4 is 10.0 Å². The van der Waals surface area contributed by atoms with Gasteiger partial charge >= 0.3 is 0 Å². The highest BCUT2D eigenvalue weighted by Gasteiger charge is 2.29. The molecule has 1 heterocycles. The third-order valence-corrected chi connectivity index (χ3v) is 5.34. The molecule has 0 bridgehead atoms. The molecule has 0 N–H and O–H groups in total. The molecule has 1 aliphatic heterocycles. The van der Waals surface area contributed by atoms with Crippen LogP contribution < -0.4 is 0 Å². The normalized spacial score (nSPS) is 21.0. The van der Waals surface area contributed by atoms with Crippen LogP contribution in [-0.4, -0.2) is 38.2 Å². The van der Waals surface area contributed by atoms with E-state index in [0.717, 1.165) is 12.0 Å². The second kappa shape index (κ2) is 6.65. The number of rotatable bonds is 5. The van der Waals surface area contributed by atoms with Crippen molar-refractivity contribution in [2.75, 3.05) is 25.4 Å². The Morgan fingerprint density at radius 3 is 2.70 bits per heavy atom. The molecular weight excluding hydrogens is 281 g/mol. The van der Waals surface area contributed by atoms with Crippen molar-refractivity contribution in [3.63, 3.8) is 0 Å². The molecule has 1 aliphatic rings. The lowest BCUT2D eigenvalue weighted by atomic mass is 10.1. The number of ether oxygens (including phenoxy) is 1. The summed E-state index contributed by atoms with van der Waals surface area (Å²) in [4.78, 5) is 0. The van der Waals surface area contributed by atoms with E-state index in [4.69, 9.17) is 4.74 Å². The van der Waals surface area contributed by atoms with E-state index in [-0.39, 0.29) is 17.7 Å². The van der Waals surface area contributed by atoms with Gasteiger partial charge in [0.1, 0.15) is 5.82 Å². The smallest absolute Gasteiger partial charge is 0.214 e. The monoisotopic (exact) mass is 301 g/mol. The standard InChI is InChI=1S/C14H20FNO3S/c1-2-3-10-20(17,18)16-8-9-19-14(11-16)12-4-6-13(15)7-5-12/h4-7,14H,2-3,8-11H2,1H3. The molecule has 0 aliphatic carbocycles. The SMILES string of the molecule is CCCCS(=O)(=O)N1CCOC(c2ccc(F)cc2)C1. The first-order valence-corrected chi connectivity index (χ1v) is 8.48. The van der Waals surface area contributed by atoms with E-state index in [1.807, 2.05) is 6.92 Å². The van der Waals surface area contributed by atoms with Crippen LogP contribution in [0.1, 0.15) is 31.4 Å². The third-order valence-electron chi connectivity index (χ3n) is 3.42. The summed E-state index contributed by atoms with van der Waals surface area (Å²) < 4.78 is 44.4. The topological polar surface area (TPSA) is 46.6 Å². The fourth-order valence-electron chi connectivity index (χ4n) is 2.21. The van der Waals surface area contributed by atoms with Gasteiger partial charge in [-0.3, -0.25) is 0 Å². The van der Waals surface area contributed by atoms with E-state index < -0.39 is 10.0 Å². The van der Waals surface area contributed by atoms with Crippen LogP contribution in [0.15, 0.2) is 24.3 Å². The molecule has 1 aromatic rings. The van der Waals surface area contributed by atoms with Gasteiger partial charge in [-0.25, -0.2) is 12.8 Å². The largest absolute Gasteiger partial charge is 0.371 e. The summed E-state index contributed by atoms with van der Waals surface area (Å²) in [6, 6.07) is 6.01. The van der Waals surface area contributed by atoms with E-state index in [1.54, 1.807) is 12.1 Å². The van der Waals surface area contributed by atoms with Crippen LogP contribution in [0.3, 0.4) is 0 Å². The predicted molar refractivity (Wildman–Crippen MR) is 75.4 cm³/mol. The Labute approximate surface area is 119 Å². The van der Waals surface area contributed by atoms with Crippen molar-refractivity contribution < 1.29 is 17.5 Å². The van der Waals surface area contributed by atoms with Crippen molar-refractivity contribution in [1.29, 1.82) is 0 Å². The first-order valence-electron chi connectivity index (χ1n) is 6.88. The summed E-state index contributed by atoms with van der Waals surface area (Å²) in [5.74, 6) is -0.128. The third kappa shape index (κ3) is 3.77. The van der Waals surface area contributed by atoms with E-state index in [1.165, 1.54) is 16.4 Å². The summed E-state index contributed by atoms with van der Waals surface area (Å²) in [5.41, 5.74) is 0.807. The molecule has 4 nitrogen and oxygen atoms in total. The molecule has 20 heavy (non-hydrogen) atoms. The fraction of sp³-hybridized carbons (Fsp3) is 0.571. The first-order chi connectivity index (χ1) is 9.53. The zero-order valence-corrected chi connectivity index (χ0v) is 12.4. The number of unbranched alkanes of at least 4 members (excludes halogenated alkanes) is 1. The zero-order valence-electron chi connectivity index (χ0n) is 11.6. The number of benzene rings is 1. The second-order valence-corrected chi connectivity index (χ2v) is 7.03. The van der Waals surface area contributed by atoms with E-state index in [9.17, 15) is 12.8 Å². The van der Waals surface area contributed by atoms with Crippen molar-refractivity contribution in [3.05, 3.63) is 35.6 Å². The van der Waals surface area contributed by atoms with Crippen molar-refractivity contribution in [1.82, 2.24) is 4.31 Å². The van der Waals surface area contributed by atoms with Gasteiger partial charge in [-0.1, -0.05) is 25.5 Å². The Balaban J connectivity index is 2.06. The molecule has 0 amide bonds. The molecule has 0 saturated carbocycles. The summed E-state index contributed by atoms with van der Waals surface area (Å²) in [6.07, 6.45) is 1.20. The van der Waals surface area contributed by atoms with Crippen LogP contribution in [0.25, 0.3) is 0 Å². The maximum absolute atomic E-state index is 12.9. The van der Waals surface area contributed by atoms with Gasteiger partial charge in [-0.2, -0.15) is 4.31 Å². The van der Waals surface area contributed by atoms with Crippen LogP contribution >= 0.6 is 0 Å². The van der Waals surface area contributed by atoms with Crippen LogP contribution in [0, 0.1) is 5.82 Å². The lowest BCUT2D eigenvalue weighted by molar-refractivity contribution is -0.00258. The molecule has 112 valence electrons. The molecule has 1 saturated heterocycles. The Hall–Kier alpha value is -0.980. The summed E-state index contributed by atoms with van der Waals surface area (Å²) in [5, 5.41) is 0. The van der Waals surface area contributed by atoms with Crippen LogP contribution in [0.2, 0.25) is 0 Å². The average Bonchev–Trinajstić information content (AvgIpc) is 2.46. The van der Waals surface area contributed by atoms with Gasteiger partial charge in [0, 0.05) is 13.1 Å². The predicted octanol–water partition coefficient (Wildman–Crippen LogP) is 2.33. The first kappa shape index (κ1) is 15.4. The molecule has 1 fully saturated rings. The zero-order chi connectivity index (χ0) is 14.6. The number of morpholine rings is 1. The molecular formula is C14H20FNO3S. The van der Waals surface area contributed by atoms with Crippen LogP contribution in [0.4, 0.5) is 4.39 Å². The highest BCUT2D eigenvalue weighted by Crippen LogP contribution is 2.24. The van der Waals surface area contributed by atoms with Gasteiger partial charge in [0.15, 0.2) is 0 Å². The quantitative estimate of drug-likeness (QED) is 0.838. The minimum atomic E-state index is -3.22. The summed E-state index contributed by atoms with van der Waals surface area (Å²) >= 11 is 0. The van der Waals surface area contributed by atoms with Gasteiger partial charge in [0.05, 0.1) is 18.5 Å². The summed E-state index contributed by atoms with van der Waals surface area (Å²) in [6.45, 7) is 3.03. The Kier molecular flexibility index (Phi) is 5.12. The Bertz CT molecular complexity index is 530. The molecule has 0 radical (unpaired) electrons. The van der Waals surface area contributed by atoms with E-state index in [0.29, 0.717) is 26.1 Å². The lowest BCUT2D eigenvalue weighted by Gasteiger charge is -2.32. The van der Waals surface area contributed by atoms with Crippen molar-refractivity contribution in [3.8, 4) is 0 Å². The highest BCUT2D eigenvalue weighted by molar-refractivity contribution is 7.89. The Morgan fingerprint density at radius 2 is 2.05 bits per heavy atom. The minimum Gasteiger partial charge on any atom is -0.371 e. The molecule has 0 spiro atoms. The van der Waals surface area contributed by atoms with Crippen molar-refractivity contribution in [2.45, 2.75) is 25.9 Å². The molecule has 6 heteroatoms. The molecule has 2 rings (SSSR count). The second-order valence-electron chi connectivity index (χ2n) is 4.94. The number of nitrogens with zero attached hydrogens (tertiary/aromatic N) is 1. The minimum absolute atomic E-state index is 0.180. The number of halogens is 1.